The second kappa shape index (κ2) is 5.39. The van der Waals surface area contributed by atoms with E-state index in [1.165, 1.54) is 31.5 Å². The average molecular weight is 245 g/mol. The lowest BCUT2D eigenvalue weighted by Gasteiger charge is -2.39. The molecule has 1 aromatic carbocycles. The van der Waals surface area contributed by atoms with Gasteiger partial charge in [-0.1, -0.05) is 30.3 Å². The predicted octanol–water partition coefficient (Wildman–Crippen LogP) is 1.47. The van der Waals surface area contributed by atoms with E-state index in [2.05, 4.69) is 40.1 Å². The minimum absolute atomic E-state index is 0.396. The first-order valence-electron chi connectivity index (χ1n) is 7.11. The van der Waals surface area contributed by atoms with Crippen LogP contribution in [0.25, 0.3) is 0 Å². The second-order valence-electron chi connectivity index (χ2n) is 5.47. The van der Waals surface area contributed by atoms with E-state index in [0.29, 0.717) is 12.6 Å². The average Bonchev–Trinajstić information content (AvgIpc) is 3.26. The molecular formula is C15H23N3. The lowest BCUT2D eigenvalue weighted by atomic mass is 10.0. The Morgan fingerprint density at radius 2 is 1.72 bits per heavy atom. The molecule has 3 rings (SSSR count). The fourth-order valence-electron chi connectivity index (χ4n) is 3.03. The molecule has 3 heteroatoms. The SMILES string of the molecule is NCC(c1ccccc1)N1CCN(C2CC2)CC1. The molecule has 3 nitrogen and oxygen atoms in total. The predicted molar refractivity (Wildman–Crippen MR) is 74.4 cm³/mol. The maximum atomic E-state index is 5.99. The van der Waals surface area contributed by atoms with Crippen molar-refractivity contribution in [2.75, 3.05) is 32.7 Å². The summed E-state index contributed by atoms with van der Waals surface area (Å²) in [4.78, 5) is 5.20. The van der Waals surface area contributed by atoms with Crippen LogP contribution in [-0.2, 0) is 0 Å². The van der Waals surface area contributed by atoms with Gasteiger partial charge in [0.15, 0.2) is 0 Å². The van der Waals surface area contributed by atoms with Crippen molar-refractivity contribution in [2.45, 2.75) is 24.9 Å². The van der Waals surface area contributed by atoms with Gasteiger partial charge in [-0.3, -0.25) is 9.80 Å². The van der Waals surface area contributed by atoms with E-state index in [4.69, 9.17) is 5.73 Å². The molecule has 1 saturated heterocycles. The van der Waals surface area contributed by atoms with Crippen molar-refractivity contribution in [3.8, 4) is 0 Å². The molecule has 1 unspecified atom stereocenters. The molecule has 1 aromatic rings. The van der Waals surface area contributed by atoms with Crippen molar-refractivity contribution in [3.63, 3.8) is 0 Å². The summed E-state index contributed by atoms with van der Waals surface area (Å²) in [5, 5.41) is 0. The third-order valence-corrected chi connectivity index (χ3v) is 4.26. The van der Waals surface area contributed by atoms with Crippen LogP contribution in [-0.4, -0.2) is 48.6 Å². The smallest absolute Gasteiger partial charge is 0.0471 e. The number of piperazine rings is 1. The summed E-state index contributed by atoms with van der Waals surface area (Å²) < 4.78 is 0. The van der Waals surface area contributed by atoms with Crippen LogP contribution in [0.5, 0.6) is 0 Å². The molecule has 1 heterocycles. The van der Waals surface area contributed by atoms with E-state index >= 15 is 0 Å². The summed E-state index contributed by atoms with van der Waals surface area (Å²) in [6, 6.07) is 12.0. The lowest BCUT2D eigenvalue weighted by Crippen LogP contribution is -2.49. The van der Waals surface area contributed by atoms with Gasteiger partial charge in [0.25, 0.3) is 0 Å². The Morgan fingerprint density at radius 3 is 2.28 bits per heavy atom. The van der Waals surface area contributed by atoms with Crippen molar-refractivity contribution in [1.82, 2.24) is 9.80 Å². The Labute approximate surface area is 110 Å². The molecule has 1 aliphatic heterocycles. The van der Waals surface area contributed by atoms with Crippen LogP contribution in [0, 0.1) is 0 Å². The van der Waals surface area contributed by atoms with E-state index in [1.807, 2.05) is 0 Å². The number of hydrogen-bond donors (Lipinski definition) is 1. The molecule has 0 spiro atoms. The van der Waals surface area contributed by atoms with Crippen LogP contribution in [0.3, 0.4) is 0 Å². The summed E-state index contributed by atoms with van der Waals surface area (Å²) in [7, 11) is 0. The summed E-state index contributed by atoms with van der Waals surface area (Å²) in [6.07, 6.45) is 2.83. The molecule has 1 saturated carbocycles. The molecule has 0 amide bonds. The van der Waals surface area contributed by atoms with Gasteiger partial charge in [0, 0.05) is 44.8 Å². The minimum Gasteiger partial charge on any atom is -0.329 e. The summed E-state index contributed by atoms with van der Waals surface area (Å²) in [5.74, 6) is 0. The van der Waals surface area contributed by atoms with Crippen molar-refractivity contribution >= 4 is 0 Å². The van der Waals surface area contributed by atoms with Crippen LogP contribution in [0.4, 0.5) is 0 Å². The minimum atomic E-state index is 0.396. The molecule has 2 N–H and O–H groups in total. The molecule has 0 aromatic heterocycles. The van der Waals surface area contributed by atoms with Gasteiger partial charge >= 0.3 is 0 Å². The lowest BCUT2D eigenvalue weighted by molar-refractivity contribution is 0.0938. The Morgan fingerprint density at radius 1 is 1.06 bits per heavy atom. The molecule has 2 aliphatic rings. The highest BCUT2D eigenvalue weighted by atomic mass is 15.3. The maximum absolute atomic E-state index is 5.99. The van der Waals surface area contributed by atoms with Gasteiger partial charge < -0.3 is 5.73 Å². The van der Waals surface area contributed by atoms with Gasteiger partial charge in [0.2, 0.25) is 0 Å². The van der Waals surface area contributed by atoms with E-state index in [1.54, 1.807) is 0 Å². The van der Waals surface area contributed by atoms with E-state index in [0.717, 1.165) is 19.1 Å². The molecular weight excluding hydrogens is 222 g/mol. The zero-order valence-electron chi connectivity index (χ0n) is 11.0. The van der Waals surface area contributed by atoms with Gasteiger partial charge in [0.1, 0.15) is 0 Å². The van der Waals surface area contributed by atoms with Crippen molar-refractivity contribution < 1.29 is 0 Å². The van der Waals surface area contributed by atoms with E-state index in [9.17, 15) is 0 Å². The Balaban J connectivity index is 1.62. The third kappa shape index (κ3) is 2.58. The van der Waals surface area contributed by atoms with E-state index < -0.39 is 0 Å². The number of rotatable bonds is 4. The largest absolute Gasteiger partial charge is 0.329 e. The fourth-order valence-corrected chi connectivity index (χ4v) is 3.03. The van der Waals surface area contributed by atoms with Crippen LogP contribution in [0.15, 0.2) is 30.3 Å². The van der Waals surface area contributed by atoms with Gasteiger partial charge in [-0.25, -0.2) is 0 Å². The number of benzene rings is 1. The van der Waals surface area contributed by atoms with Gasteiger partial charge in [-0.15, -0.1) is 0 Å². The Bertz CT molecular complexity index is 367. The monoisotopic (exact) mass is 245 g/mol. The summed E-state index contributed by atoms with van der Waals surface area (Å²) in [6.45, 7) is 5.47. The first-order chi connectivity index (χ1) is 8.88. The first-order valence-corrected chi connectivity index (χ1v) is 7.11. The van der Waals surface area contributed by atoms with Crippen molar-refractivity contribution in [2.24, 2.45) is 5.73 Å². The molecule has 2 fully saturated rings. The van der Waals surface area contributed by atoms with Crippen LogP contribution in [0.2, 0.25) is 0 Å². The van der Waals surface area contributed by atoms with Gasteiger partial charge in [0.05, 0.1) is 0 Å². The first kappa shape index (κ1) is 12.2. The Hall–Kier alpha value is -0.900. The number of nitrogens with zero attached hydrogens (tertiary/aromatic N) is 2. The highest BCUT2D eigenvalue weighted by Crippen LogP contribution is 2.29. The topological polar surface area (TPSA) is 32.5 Å². The summed E-state index contributed by atoms with van der Waals surface area (Å²) >= 11 is 0. The zero-order chi connectivity index (χ0) is 12.4. The van der Waals surface area contributed by atoms with Crippen LogP contribution < -0.4 is 5.73 Å². The van der Waals surface area contributed by atoms with Gasteiger partial charge in [-0.2, -0.15) is 0 Å². The van der Waals surface area contributed by atoms with Crippen LogP contribution >= 0.6 is 0 Å². The fraction of sp³-hybridized carbons (Fsp3) is 0.600. The number of hydrogen-bond acceptors (Lipinski definition) is 3. The number of nitrogens with two attached hydrogens (primary N) is 1. The normalized spacial score (nSPS) is 24.1. The maximum Gasteiger partial charge on any atom is 0.0471 e. The summed E-state index contributed by atoms with van der Waals surface area (Å²) in [5.41, 5.74) is 7.35. The third-order valence-electron chi connectivity index (χ3n) is 4.26. The second-order valence-corrected chi connectivity index (χ2v) is 5.47. The van der Waals surface area contributed by atoms with Crippen molar-refractivity contribution in [1.29, 1.82) is 0 Å². The standard InChI is InChI=1S/C15H23N3/c16-12-15(13-4-2-1-3-5-13)18-10-8-17(9-11-18)14-6-7-14/h1-5,14-15H,6-12,16H2. The highest BCUT2D eigenvalue weighted by Gasteiger charge is 2.32. The molecule has 1 aliphatic carbocycles. The molecule has 0 radical (unpaired) electrons. The van der Waals surface area contributed by atoms with Gasteiger partial charge in [-0.05, 0) is 18.4 Å². The molecule has 18 heavy (non-hydrogen) atoms. The van der Waals surface area contributed by atoms with Crippen molar-refractivity contribution in [3.05, 3.63) is 35.9 Å². The highest BCUT2D eigenvalue weighted by molar-refractivity contribution is 5.19. The van der Waals surface area contributed by atoms with Crippen LogP contribution in [0.1, 0.15) is 24.4 Å². The quantitative estimate of drug-likeness (QED) is 0.872. The molecule has 1 atom stereocenters. The zero-order valence-corrected chi connectivity index (χ0v) is 11.0. The Kier molecular flexibility index (Phi) is 3.64. The molecule has 98 valence electrons. The van der Waals surface area contributed by atoms with E-state index in [-0.39, 0.29) is 0 Å². The molecule has 0 bridgehead atoms.